The predicted octanol–water partition coefficient (Wildman–Crippen LogP) is 5.34. The average Bonchev–Trinajstić information content (AvgIpc) is 3.60. The fourth-order valence-electron chi connectivity index (χ4n) is 3.52. The molecule has 1 saturated heterocycles. The van der Waals surface area contributed by atoms with Gasteiger partial charge in [0.2, 0.25) is 0 Å². The number of nitrogens with zero attached hydrogens (tertiary/aromatic N) is 1. The van der Waals surface area contributed by atoms with Crippen molar-refractivity contribution in [3.63, 3.8) is 0 Å². The molecule has 1 aliphatic rings. The van der Waals surface area contributed by atoms with E-state index < -0.39 is 12.1 Å². The van der Waals surface area contributed by atoms with Crippen molar-refractivity contribution in [2.24, 2.45) is 0 Å². The normalized spacial score (nSPS) is 14.3. The Morgan fingerprint density at radius 2 is 1.86 bits per heavy atom. The van der Waals surface area contributed by atoms with E-state index in [-0.39, 0.29) is 12.6 Å². The number of anilines is 2. The van der Waals surface area contributed by atoms with Crippen LogP contribution >= 0.6 is 0 Å². The second kappa shape index (κ2) is 13.1. The van der Waals surface area contributed by atoms with Gasteiger partial charge in [-0.2, -0.15) is 0 Å². The van der Waals surface area contributed by atoms with Crippen molar-refractivity contribution in [2.45, 2.75) is 39.8 Å². The van der Waals surface area contributed by atoms with Gasteiger partial charge in [-0.05, 0) is 42.3 Å². The number of oxazole rings is 1. The highest BCUT2D eigenvalue weighted by molar-refractivity contribution is 6.00. The maximum atomic E-state index is 12.6. The zero-order valence-electron chi connectivity index (χ0n) is 20.9. The molecule has 36 heavy (non-hydrogen) atoms. The lowest BCUT2D eigenvalue weighted by Crippen LogP contribution is -2.29. The molecule has 10 nitrogen and oxygen atoms in total. The number of aromatic nitrogens is 1. The lowest BCUT2D eigenvalue weighted by Gasteiger charge is -2.14. The maximum Gasteiger partial charge on any atom is 0.407 e. The Labute approximate surface area is 210 Å². The summed E-state index contributed by atoms with van der Waals surface area (Å²) < 4.78 is 21.3. The monoisotopic (exact) mass is 496 g/mol. The van der Waals surface area contributed by atoms with Crippen LogP contribution in [0.25, 0.3) is 11.3 Å². The van der Waals surface area contributed by atoms with Crippen LogP contribution in [0.5, 0.6) is 5.75 Å². The standard InChI is InChI=1S/C24H26N4O6.C2H6/c1-15-3-4-17(9-16(15)11-26-24(30)34-19-7-8-32-13-19)27-23(29)28-18-5-6-20(21(10-18)31-2)22-12-25-14-33-22;1-2/h3-6,9-10,12,14,19H,7-8,11,13H2,1-2H3,(H,26,30)(H2,27,28,29);1-2H3/t19-;/m0./s1. The van der Waals surface area contributed by atoms with Crippen molar-refractivity contribution in [3.8, 4) is 17.1 Å². The van der Waals surface area contributed by atoms with Crippen molar-refractivity contribution < 1.29 is 28.2 Å². The van der Waals surface area contributed by atoms with Crippen molar-refractivity contribution in [2.75, 3.05) is 31.0 Å². The van der Waals surface area contributed by atoms with Gasteiger partial charge in [-0.1, -0.05) is 19.9 Å². The van der Waals surface area contributed by atoms with Gasteiger partial charge < -0.3 is 34.6 Å². The van der Waals surface area contributed by atoms with Crippen LogP contribution in [-0.2, 0) is 16.0 Å². The minimum atomic E-state index is -0.492. The summed E-state index contributed by atoms with van der Waals surface area (Å²) in [5, 5.41) is 8.33. The summed E-state index contributed by atoms with van der Waals surface area (Å²) in [4.78, 5) is 28.5. The molecule has 10 heteroatoms. The molecule has 2 heterocycles. The van der Waals surface area contributed by atoms with E-state index in [0.29, 0.717) is 42.5 Å². The number of benzene rings is 2. The zero-order chi connectivity index (χ0) is 25.9. The summed E-state index contributed by atoms with van der Waals surface area (Å²) in [7, 11) is 1.54. The third-order valence-electron chi connectivity index (χ3n) is 5.35. The van der Waals surface area contributed by atoms with Crippen LogP contribution < -0.4 is 20.7 Å². The van der Waals surface area contributed by atoms with Gasteiger partial charge in [-0.3, -0.25) is 0 Å². The minimum Gasteiger partial charge on any atom is -0.496 e. The first kappa shape index (κ1) is 26.6. The second-order valence-electron chi connectivity index (χ2n) is 7.75. The first-order chi connectivity index (χ1) is 17.5. The Balaban J connectivity index is 0.00000176. The first-order valence-corrected chi connectivity index (χ1v) is 11.8. The molecule has 3 aromatic rings. The molecular weight excluding hydrogens is 464 g/mol. The number of alkyl carbamates (subject to hydrolysis) is 1. The number of carbonyl (C=O) groups excluding carboxylic acids is 2. The maximum absolute atomic E-state index is 12.6. The van der Waals surface area contributed by atoms with Crippen LogP contribution in [0.4, 0.5) is 21.0 Å². The summed E-state index contributed by atoms with van der Waals surface area (Å²) in [6.07, 6.45) is 2.93. The van der Waals surface area contributed by atoms with Crippen LogP contribution in [0.15, 0.2) is 53.4 Å². The highest BCUT2D eigenvalue weighted by Crippen LogP contribution is 2.32. The molecule has 4 rings (SSSR count). The molecular formula is C26H32N4O6. The van der Waals surface area contributed by atoms with E-state index in [2.05, 4.69) is 20.9 Å². The summed E-state index contributed by atoms with van der Waals surface area (Å²) in [5.41, 5.74) is 3.69. The molecule has 2 aromatic carbocycles. The van der Waals surface area contributed by atoms with Crippen LogP contribution in [0.2, 0.25) is 0 Å². The van der Waals surface area contributed by atoms with Crippen molar-refractivity contribution in [3.05, 3.63) is 60.1 Å². The summed E-state index contributed by atoms with van der Waals surface area (Å²) in [6, 6.07) is 10.3. The van der Waals surface area contributed by atoms with E-state index in [1.54, 1.807) is 30.5 Å². The number of carbonyl (C=O) groups is 2. The smallest absolute Gasteiger partial charge is 0.407 e. The highest BCUT2D eigenvalue weighted by Gasteiger charge is 2.20. The van der Waals surface area contributed by atoms with Gasteiger partial charge in [0.1, 0.15) is 11.9 Å². The number of methoxy groups -OCH3 is 1. The van der Waals surface area contributed by atoms with Gasteiger partial charge >= 0.3 is 12.1 Å². The summed E-state index contributed by atoms with van der Waals surface area (Å²) in [5.74, 6) is 1.10. The van der Waals surface area contributed by atoms with Gasteiger partial charge in [-0.25, -0.2) is 14.6 Å². The van der Waals surface area contributed by atoms with Gasteiger partial charge in [0, 0.05) is 30.4 Å². The fraction of sp³-hybridized carbons (Fsp3) is 0.346. The van der Waals surface area contributed by atoms with E-state index in [4.69, 9.17) is 18.6 Å². The molecule has 1 aliphatic heterocycles. The quantitative estimate of drug-likeness (QED) is 0.403. The molecule has 192 valence electrons. The lowest BCUT2D eigenvalue weighted by molar-refractivity contribution is 0.0828. The van der Waals surface area contributed by atoms with Gasteiger partial charge in [-0.15, -0.1) is 0 Å². The Kier molecular flexibility index (Phi) is 9.70. The number of urea groups is 1. The average molecular weight is 497 g/mol. The number of hydrogen-bond acceptors (Lipinski definition) is 7. The van der Waals surface area contributed by atoms with Crippen molar-refractivity contribution >= 4 is 23.5 Å². The van der Waals surface area contributed by atoms with E-state index in [0.717, 1.165) is 16.7 Å². The molecule has 0 radical (unpaired) electrons. The molecule has 1 fully saturated rings. The molecule has 3 amide bonds. The van der Waals surface area contributed by atoms with Gasteiger partial charge in [0.15, 0.2) is 12.2 Å². The molecule has 1 atom stereocenters. The lowest BCUT2D eigenvalue weighted by atomic mass is 10.1. The molecule has 0 saturated carbocycles. The minimum absolute atomic E-state index is 0.207. The topological polar surface area (TPSA) is 124 Å². The Hall–Kier alpha value is -4.05. The molecule has 3 N–H and O–H groups in total. The Morgan fingerprint density at radius 1 is 1.11 bits per heavy atom. The number of rotatable bonds is 7. The van der Waals surface area contributed by atoms with Crippen LogP contribution in [0.1, 0.15) is 31.4 Å². The van der Waals surface area contributed by atoms with E-state index in [1.165, 1.54) is 13.5 Å². The van der Waals surface area contributed by atoms with Crippen LogP contribution in [-0.4, -0.2) is 43.5 Å². The van der Waals surface area contributed by atoms with Gasteiger partial charge in [0.25, 0.3) is 0 Å². The van der Waals surface area contributed by atoms with E-state index in [9.17, 15) is 9.59 Å². The molecule has 1 aromatic heterocycles. The van der Waals surface area contributed by atoms with Crippen molar-refractivity contribution in [1.82, 2.24) is 10.3 Å². The summed E-state index contributed by atoms with van der Waals surface area (Å²) in [6.45, 7) is 7.23. The molecule has 0 spiro atoms. The van der Waals surface area contributed by atoms with E-state index in [1.807, 2.05) is 32.9 Å². The number of aryl methyl sites for hydroxylation is 1. The number of ether oxygens (including phenoxy) is 3. The zero-order valence-corrected chi connectivity index (χ0v) is 20.9. The number of amides is 3. The Morgan fingerprint density at radius 3 is 2.53 bits per heavy atom. The van der Waals surface area contributed by atoms with E-state index >= 15 is 0 Å². The van der Waals surface area contributed by atoms with Crippen LogP contribution in [0.3, 0.4) is 0 Å². The Bertz CT molecular complexity index is 1140. The molecule has 0 unspecified atom stereocenters. The summed E-state index contributed by atoms with van der Waals surface area (Å²) >= 11 is 0. The highest BCUT2D eigenvalue weighted by atomic mass is 16.6. The van der Waals surface area contributed by atoms with Crippen molar-refractivity contribution in [1.29, 1.82) is 0 Å². The third kappa shape index (κ3) is 7.22. The second-order valence-corrected chi connectivity index (χ2v) is 7.75. The fourth-order valence-corrected chi connectivity index (χ4v) is 3.52. The van der Waals surface area contributed by atoms with Gasteiger partial charge in [0.05, 0.1) is 32.1 Å². The SMILES string of the molecule is CC.COc1cc(NC(=O)Nc2ccc(C)c(CNC(=O)O[C@H]3CCOC3)c2)ccc1-c1cnco1. The largest absolute Gasteiger partial charge is 0.496 e. The van der Waals surface area contributed by atoms with Crippen LogP contribution in [0, 0.1) is 6.92 Å². The molecule has 0 aliphatic carbocycles. The first-order valence-electron chi connectivity index (χ1n) is 11.8. The number of nitrogens with one attached hydrogen (secondary N) is 3. The molecule has 0 bridgehead atoms. The third-order valence-corrected chi connectivity index (χ3v) is 5.35. The predicted molar refractivity (Wildman–Crippen MR) is 136 cm³/mol. The number of hydrogen-bond donors (Lipinski definition) is 3.